The normalized spacial score (nSPS) is 21.6. The molecular formula is C10H23NO2Si. The molecule has 1 aliphatic rings. The Hall–Kier alpha value is 0.0969. The second-order valence-corrected chi connectivity index (χ2v) is 7.29. The van der Waals surface area contributed by atoms with Crippen LogP contribution in [0.1, 0.15) is 32.6 Å². The monoisotopic (exact) mass is 217 g/mol. The van der Waals surface area contributed by atoms with Crippen LogP contribution in [0.25, 0.3) is 0 Å². The van der Waals surface area contributed by atoms with Gasteiger partial charge in [0, 0.05) is 20.3 Å². The molecule has 0 bridgehead atoms. The summed E-state index contributed by atoms with van der Waals surface area (Å²) in [6.45, 7) is 4.56. The van der Waals surface area contributed by atoms with Gasteiger partial charge in [-0.25, -0.2) is 0 Å². The van der Waals surface area contributed by atoms with Crippen molar-refractivity contribution in [3.8, 4) is 0 Å². The predicted octanol–water partition coefficient (Wildman–Crippen LogP) is 2.11. The van der Waals surface area contributed by atoms with E-state index in [9.17, 15) is 0 Å². The van der Waals surface area contributed by atoms with Crippen molar-refractivity contribution in [2.75, 3.05) is 27.3 Å². The highest BCUT2D eigenvalue weighted by Crippen LogP contribution is 2.27. The van der Waals surface area contributed by atoms with Crippen molar-refractivity contribution >= 4 is 8.72 Å². The summed E-state index contributed by atoms with van der Waals surface area (Å²) in [5.74, 6) is 0. The Morgan fingerprint density at radius 1 is 1.21 bits per heavy atom. The highest BCUT2D eigenvalue weighted by Gasteiger charge is 2.46. The summed E-state index contributed by atoms with van der Waals surface area (Å²) in [6, 6.07) is 1.13. The van der Waals surface area contributed by atoms with Crippen LogP contribution < -0.4 is 0 Å². The fraction of sp³-hybridized carbons (Fsp3) is 1.00. The van der Waals surface area contributed by atoms with E-state index in [0.29, 0.717) is 0 Å². The van der Waals surface area contributed by atoms with Crippen molar-refractivity contribution in [3.63, 3.8) is 0 Å². The first-order chi connectivity index (χ1) is 6.79. The lowest BCUT2D eigenvalue weighted by Crippen LogP contribution is -2.53. The maximum atomic E-state index is 5.63. The van der Waals surface area contributed by atoms with Crippen LogP contribution in [0.5, 0.6) is 0 Å². The molecule has 0 radical (unpaired) electrons. The van der Waals surface area contributed by atoms with Crippen LogP contribution in [0.2, 0.25) is 6.04 Å². The Labute approximate surface area is 88.7 Å². The van der Waals surface area contributed by atoms with Crippen LogP contribution in [0, 0.1) is 0 Å². The molecule has 0 aromatic rings. The smallest absolute Gasteiger partial charge is 0.386 e. The van der Waals surface area contributed by atoms with E-state index in [1.54, 1.807) is 14.2 Å². The lowest BCUT2D eigenvalue weighted by Gasteiger charge is -2.31. The van der Waals surface area contributed by atoms with Crippen molar-refractivity contribution in [3.05, 3.63) is 0 Å². The van der Waals surface area contributed by atoms with Crippen molar-refractivity contribution < 1.29 is 8.85 Å². The lowest BCUT2D eigenvalue weighted by molar-refractivity contribution is 0.181. The zero-order valence-electron chi connectivity index (χ0n) is 9.71. The van der Waals surface area contributed by atoms with E-state index in [1.807, 2.05) is 0 Å². The Bertz CT molecular complexity index is 162. The van der Waals surface area contributed by atoms with Crippen LogP contribution in [0.3, 0.4) is 0 Å². The van der Waals surface area contributed by atoms with E-state index in [2.05, 4.69) is 11.5 Å². The van der Waals surface area contributed by atoms with Crippen LogP contribution in [-0.2, 0) is 8.85 Å². The first kappa shape index (κ1) is 12.2. The van der Waals surface area contributed by atoms with E-state index in [1.165, 1.54) is 25.7 Å². The summed E-state index contributed by atoms with van der Waals surface area (Å²) in [5.41, 5.74) is 0. The second-order valence-electron chi connectivity index (χ2n) is 3.92. The number of hydrogen-bond acceptors (Lipinski definition) is 3. The summed E-state index contributed by atoms with van der Waals surface area (Å²) < 4.78 is 13.7. The topological polar surface area (TPSA) is 21.7 Å². The first-order valence-corrected chi connectivity index (χ1v) is 7.61. The molecule has 4 heteroatoms. The van der Waals surface area contributed by atoms with Gasteiger partial charge in [-0.05, 0) is 25.9 Å². The van der Waals surface area contributed by atoms with E-state index < -0.39 is 8.72 Å². The van der Waals surface area contributed by atoms with Crippen molar-refractivity contribution in [2.24, 2.45) is 0 Å². The summed E-state index contributed by atoms with van der Waals surface area (Å²) in [7, 11) is 1.67. The third-order valence-corrected chi connectivity index (χ3v) is 6.74. The van der Waals surface area contributed by atoms with Gasteiger partial charge in [0.15, 0.2) is 0 Å². The van der Waals surface area contributed by atoms with Gasteiger partial charge in [0.05, 0.1) is 0 Å². The van der Waals surface area contributed by atoms with Crippen LogP contribution in [0.15, 0.2) is 0 Å². The molecule has 0 N–H and O–H groups in total. The maximum Gasteiger partial charge on any atom is 0.427 e. The Balaban J connectivity index is 2.41. The molecule has 1 aliphatic heterocycles. The minimum Gasteiger partial charge on any atom is -0.386 e. The zero-order chi connectivity index (χ0) is 10.4. The Morgan fingerprint density at radius 3 is 2.50 bits per heavy atom. The average molecular weight is 217 g/mol. The number of nitrogens with zero attached hydrogens (tertiary/aromatic N) is 1. The Morgan fingerprint density at radius 2 is 1.93 bits per heavy atom. The molecular weight excluding hydrogens is 194 g/mol. The molecule has 14 heavy (non-hydrogen) atoms. The molecule has 0 aromatic carbocycles. The minimum atomic E-state index is -1.93. The van der Waals surface area contributed by atoms with Gasteiger partial charge in [-0.2, -0.15) is 0 Å². The largest absolute Gasteiger partial charge is 0.427 e. The molecule has 0 aromatic heterocycles. The van der Waals surface area contributed by atoms with Gasteiger partial charge in [-0.15, -0.1) is 0 Å². The third-order valence-electron chi connectivity index (χ3n) is 3.07. The summed E-state index contributed by atoms with van der Waals surface area (Å²) in [5, 5.41) is 0. The van der Waals surface area contributed by atoms with Gasteiger partial charge in [0.1, 0.15) is 0 Å². The Kier molecular flexibility index (Phi) is 5.09. The molecule has 1 rings (SSSR count). The molecule has 1 saturated heterocycles. The number of hydrogen-bond donors (Lipinski definition) is 0. The highest BCUT2D eigenvalue weighted by atomic mass is 28.4. The van der Waals surface area contributed by atoms with Crippen molar-refractivity contribution in [1.82, 2.24) is 4.57 Å². The standard InChI is InChI=1S/C10H23NO2Si/c1-4-5-6-8-11-9-7-10-14(11,12-2)13-3/h4-10H2,1-3H3. The molecule has 1 fully saturated rings. The fourth-order valence-electron chi connectivity index (χ4n) is 2.20. The number of rotatable bonds is 6. The summed E-state index contributed by atoms with van der Waals surface area (Å²) in [6.07, 6.45) is 5.11. The van der Waals surface area contributed by atoms with Crippen molar-refractivity contribution in [2.45, 2.75) is 38.7 Å². The van der Waals surface area contributed by atoms with E-state index in [4.69, 9.17) is 8.85 Å². The quantitative estimate of drug-likeness (QED) is 0.502. The third kappa shape index (κ3) is 2.57. The number of unbranched alkanes of at least 4 members (excludes halogenated alkanes) is 2. The molecule has 1 heterocycles. The predicted molar refractivity (Wildman–Crippen MR) is 60.3 cm³/mol. The molecule has 0 saturated carbocycles. The molecule has 84 valence electrons. The van der Waals surface area contributed by atoms with E-state index in [0.717, 1.165) is 19.1 Å². The summed E-state index contributed by atoms with van der Waals surface area (Å²) in [4.78, 5) is 0. The highest BCUT2D eigenvalue weighted by molar-refractivity contribution is 6.65. The molecule has 0 aliphatic carbocycles. The van der Waals surface area contributed by atoms with Crippen LogP contribution in [0.4, 0.5) is 0 Å². The van der Waals surface area contributed by atoms with E-state index >= 15 is 0 Å². The molecule has 0 spiro atoms. The molecule has 0 atom stereocenters. The molecule has 0 amide bonds. The maximum absolute atomic E-state index is 5.63. The summed E-state index contributed by atoms with van der Waals surface area (Å²) >= 11 is 0. The minimum absolute atomic E-state index is 1.13. The van der Waals surface area contributed by atoms with E-state index in [-0.39, 0.29) is 0 Å². The second kappa shape index (κ2) is 5.85. The molecule has 0 unspecified atom stereocenters. The lowest BCUT2D eigenvalue weighted by atomic mass is 10.2. The van der Waals surface area contributed by atoms with Gasteiger partial charge in [0.2, 0.25) is 0 Å². The average Bonchev–Trinajstić information content (AvgIpc) is 2.62. The van der Waals surface area contributed by atoms with Gasteiger partial charge in [-0.3, -0.25) is 4.57 Å². The van der Waals surface area contributed by atoms with Crippen LogP contribution >= 0.6 is 0 Å². The fourth-order valence-corrected chi connectivity index (χ4v) is 5.21. The SMILES string of the molecule is CCCCCN1CCC[Si]1(OC)OC. The van der Waals surface area contributed by atoms with Gasteiger partial charge >= 0.3 is 8.72 Å². The first-order valence-electron chi connectivity index (χ1n) is 5.64. The van der Waals surface area contributed by atoms with Crippen molar-refractivity contribution in [1.29, 1.82) is 0 Å². The van der Waals surface area contributed by atoms with Gasteiger partial charge in [0.25, 0.3) is 0 Å². The zero-order valence-corrected chi connectivity index (χ0v) is 10.7. The van der Waals surface area contributed by atoms with Crippen LogP contribution in [-0.4, -0.2) is 40.6 Å². The molecule has 3 nitrogen and oxygen atoms in total. The van der Waals surface area contributed by atoms with Gasteiger partial charge in [-0.1, -0.05) is 19.8 Å². The van der Waals surface area contributed by atoms with Gasteiger partial charge < -0.3 is 8.85 Å².